The van der Waals surface area contributed by atoms with Crippen molar-refractivity contribution in [2.24, 2.45) is 0 Å². The minimum atomic E-state index is -4.89. The molecule has 0 fully saturated rings. The van der Waals surface area contributed by atoms with Crippen LogP contribution in [0.4, 0.5) is 5.82 Å². The van der Waals surface area contributed by atoms with Crippen LogP contribution < -0.4 is 19.9 Å². The molecule has 1 aromatic carbocycles. The maximum absolute atomic E-state index is 10.9. The molecule has 11 nitrogen and oxygen atoms in total. The third-order valence-corrected chi connectivity index (χ3v) is 5.36. The number of pyridine rings is 2. The van der Waals surface area contributed by atoms with Gasteiger partial charge in [-0.3, -0.25) is 14.8 Å². The van der Waals surface area contributed by atoms with Crippen LogP contribution in [0.15, 0.2) is 71.4 Å². The number of hydrogen-bond donors (Lipinski definition) is 2. The van der Waals surface area contributed by atoms with E-state index in [1.165, 1.54) is 10.8 Å². The van der Waals surface area contributed by atoms with Crippen molar-refractivity contribution in [3.63, 3.8) is 0 Å². The van der Waals surface area contributed by atoms with E-state index in [9.17, 15) is 9.46 Å². The standard InChI is InChI=1S/C23H20N5O6P/c24-13-17-3-1-4-18(26-17)14-32-20-8-6-16(7-9-20)11-19-12-22(34-27-19)21-5-2-10-28(23(21)25)15-33-35(29,30)31/h1-10,12,25H,11,14-15H2,(H2,29,30,31). The van der Waals surface area contributed by atoms with Gasteiger partial charge in [0.05, 0.1) is 17.6 Å². The number of phosphoric ester groups is 1. The Labute approximate surface area is 200 Å². The number of ether oxygens (including phenoxy) is 1. The number of aromatic nitrogens is 3. The Kier molecular flexibility index (Phi) is 7.19. The second kappa shape index (κ2) is 10.5. The first-order valence-corrected chi connectivity index (χ1v) is 11.8. The Bertz CT molecular complexity index is 1410. The number of nitrogens with two attached hydrogens (primary N) is 1. The van der Waals surface area contributed by atoms with Crippen molar-refractivity contribution in [3.8, 4) is 23.1 Å². The highest BCUT2D eigenvalue weighted by molar-refractivity contribution is 7.44. The maximum Gasteiger partial charge on any atom is 0.285 e. The van der Waals surface area contributed by atoms with Crippen LogP contribution in [0.5, 0.6) is 5.75 Å². The molecular weight excluding hydrogens is 473 g/mol. The molecule has 0 saturated heterocycles. The molecule has 178 valence electrons. The molecule has 0 saturated carbocycles. The minimum Gasteiger partial charge on any atom is -0.756 e. The fourth-order valence-electron chi connectivity index (χ4n) is 3.23. The van der Waals surface area contributed by atoms with Gasteiger partial charge in [-0.25, -0.2) is 9.55 Å². The van der Waals surface area contributed by atoms with Crippen molar-refractivity contribution < 1.29 is 32.7 Å². The number of benzene rings is 1. The van der Waals surface area contributed by atoms with E-state index in [0.717, 1.165) is 5.56 Å². The third-order valence-electron chi connectivity index (χ3n) is 4.92. The van der Waals surface area contributed by atoms with Gasteiger partial charge in [-0.1, -0.05) is 23.4 Å². The Morgan fingerprint density at radius 1 is 1.17 bits per heavy atom. The van der Waals surface area contributed by atoms with Crippen LogP contribution in [0, 0.1) is 11.3 Å². The monoisotopic (exact) mass is 493 g/mol. The minimum absolute atomic E-state index is 0.181. The second-order valence-corrected chi connectivity index (χ2v) is 8.62. The summed E-state index contributed by atoms with van der Waals surface area (Å²) in [6.45, 7) is -0.234. The zero-order valence-corrected chi connectivity index (χ0v) is 19.2. The summed E-state index contributed by atoms with van der Waals surface area (Å²) >= 11 is 0. The number of nitrogen functional groups attached to an aromatic ring is 1. The molecule has 0 spiro atoms. The molecule has 1 atom stereocenters. The van der Waals surface area contributed by atoms with Gasteiger partial charge in [-0.05, 0) is 42.0 Å². The Hall–Kier alpha value is -4.07. The molecule has 0 aliphatic heterocycles. The predicted octanol–water partition coefficient (Wildman–Crippen LogP) is 2.08. The van der Waals surface area contributed by atoms with Crippen molar-refractivity contribution in [2.45, 2.75) is 19.8 Å². The summed E-state index contributed by atoms with van der Waals surface area (Å²) in [6.07, 6.45) is 2.00. The van der Waals surface area contributed by atoms with Crippen LogP contribution in [0.3, 0.4) is 0 Å². The maximum atomic E-state index is 10.9. The molecule has 3 N–H and O–H groups in total. The molecule has 3 heterocycles. The van der Waals surface area contributed by atoms with Crippen molar-refractivity contribution in [1.82, 2.24) is 10.1 Å². The number of phosphoric acid groups is 1. The van der Waals surface area contributed by atoms with E-state index in [4.69, 9.17) is 25.1 Å². The van der Waals surface area contributed by atoms with Gasteiger partial charge >= 0.3 is 0 Å². The molecule has 0 radical (unpaired) electrons. The lowest BCUT2D eigenvalue weighted by atomic mass is 10.1. The summed E-state index contributed by atoms with van der Waals surface area (Å²) in [4.78, 5) is 23.8. The van der Waals surface area contributed by atoms with E-state index in [-0.39, 0.29) is 12.4 Å². The lowest BCUT2D eigenvalue weighted by Gasteiger charge is -2.14. The first-order valence-electron chi connectivity index (χ1n) is 10.3. The quantitative estimate of drug-likeness (QED) is 0.260. The molecule has 0 amide bonds. The van der Waals surface area contributed by atoms with Crippen molar-refractivity contribution in [2.75, 3.05) is 5.73 Å². The van der Waals surface area contributed by atoms with E-state index in [2.05, 4.69) is 14.7 Å². The Balaban J connectivity index is 1.39. The van der Waals surface area contributed by atoms with Gasteiger partial charge in [0.1, 0.15) is 29.7 Å². The topological polar surface area (TPSA) is 171 Å². The highest BCUT2D eigenvalue weighted by Gasteiger charge is 2.18. The summed E-state index contributed by atoms with van der Waals surface area (Å²) in [5.41, 5.74) is 9.23. The van der Waals surface area contributed by atoms with Crippen LogP contribution in [0.1, 0.15) is 22.6 Å². The summed E-state index contributed by atoms with van der Waals surface area (Å²) in [7, 11) is -4.89. The average molecular weight is 493 g/mol. The van der Waals surface area contributed by atoms with E-state index in [1.807, 2.05) is 30.3 Å². The van der Waals surface area contributed by atoms with E-state index in [1.54, 1.807) is 36.4 Å². The molecule has 4 aromatic rings. The van der Waals surface area contributed by atoms with Crippen LogP contribution in [0.25, 0.3) is 11.3 Å². The first kappa shape index (κ1) is 24.1. The lowest BCUT2D eigenvalue weighted by Crippen LogP contribution is -2.38. The van der Waals surface area contributed by atoms with Crippen molar-refractivity contribution in [1.29, 1.82) is 5.26 Å². The van der Waals surface area contributed by atoms with Gasteiger partial charge in [0.2, 0.25) is 0 Å². The molecule has 1 unspecified atom stereocenters. The van der Waals surface area contributed by atoms with Crippen molar-refractivity contribution >= 4 is 13.6 Å². The average Bonchev–Trinajstić information content (AvgIpc) is 3.30. The molecule has 0 aliphatic rings. The van der Waals surface area contributed by atoms with Crippen LogP contribution in [0.2, 0.25) is 0 Å². The molecule has 0 aliphatic carbocycles. The second-order valence-electron chi connectivity index (χ2n) is 7.42. The fraction of sp³-hybridized carbons (Fsp3) is 0.130. The van der Waals surface area contributed by atoms with Gasteiger partial charge in [-0.2, -0.15) is 5.26 Å². The largest absolute Gasteiger partial charge is 0.756 e. The molecule has 35 heavy (non-hydrogen) atoms. The summed E-state index contributed by atoms with van der Waals surface area (Å²) in [6, 6.07) is 19.7. The predicted molar refractivity (Wildman–Crippen MR) is 120 cm³/mol. The van der Waals surface area contributed by atoms with Gasteiger partial charge in [0.25, 0.3) is 13.6 Å². The Morgan fingerprint density at radius 3 is 2.71 bits per heavy atom. The van der Waals surface area contributed by atoms with Gasteiger partial charge < -0.3 is 19.0 Å². The highest BCUT2D eigenvalue weighted by atomic mass is 31.2. The van der Waals surface area contributed by atoms with Crippen LogP contribution in [-0.2, 0) is 28.8 Å². The van der Waals surface area contributed by atoms with Crippen LogP contribution in [-0.4, -0.2) is 15.0 Å². The zero-order chi connectivity index (χ0) is 24.8. The zero-order valence-electron chi connectivity index (χ0n) is 18.3. The smallest absolute Gasteiger partial charge is 0.285 e. The summed E-state index contributed by atoms with van der Waals surface area (Å²) in [5, 5.41) is 13.0. The summed E-state index contributed by atoms with van der Waals surface area (Å²) in [5.74, 6) is 1.24. The SMILES string of the molecule is N#Cc1cccc(COc2ccc(Cc3cc(-c4ccc[n+](COP(=O)([O-])O)c4N)on3)cc2)n1. The van der Waals surface area contributed by atoms with E-state index in [0.29, 0.717) is 40.6 Å². The number of hydrogen-bond acceptors (Lipinski definition) is 9. The van der Waals surface area contributed by atoms with Gasteiger partial charge in [-0.15, -0.1) is 0 Å². The number of nitrogens with zero attached hydrogens (tertiary/aromatic N) is 4. The lowest BCUT2D eigenvalue weighted by molar-refractivity contribution is -0.712. The summed E-state index contributed by atoms with van der Waals surface area (Å²) < 4.78 is 27.7. The van der Waals surface area contributed by atoms with Gasteiger partial charge in [0.15, 0.2) is 12.5 Å². The third kappa shape index (κ3) is 6.50. The fourth-order valence-corrected chi connectivity index (χ4v) is 3.50. The molecule has 0 bridgehead atoms. The molecule has 12 heteroatoms. The molecule has 4 rings (SSSR count). The van der Waals surface area contributed by atoms with E-state index < -0.39 is 14.6 Å². The molecule has 3 aromatic heterocycles. The van der Waals surface area contributed by atoms with Crippen molar-refractivity contribution in [3.05, 3.63) is 89.5 Å². The number of rotatable bonds is 9. The Morgan fingerprint density at radius 2 is 1.97 bits per heavy atom. The van der Waals surface area contributed by atoms with E-state index >= 15 is 0 Å². The highest BCUT2D eigenvalue weighted by Crippen LogP contribution is 2.30. The number of nitriles is 1. The van der Waals surface area contributed by atoms with Gasteiger partial charge in [0, 0.05) is 12.5 Å². The normalized spacial score (nSPS) is 12.6. The first-order chi connectivity index (χ1) is 16.8. The molecular formula is C23H20N5O6P. The number of anilines is 1. The van der Waals surface area contributed by atoms with Crippen LogP contribution >= 0.6 is 7.82 Å².